The molecule has 0 saturated carbocycles. The average Bonchev–Trinajstić information content (AvgIpc) is 2.70. The van der Waals surface area contributed by atoms with E-state index in [0.717, 1.165) is 28.3 Å². The zero-order chi connectivity index (χ0) is 20.1. The molecule has 0 fully saturated rings. The molecule has 0 bridgehead atoms. The maximum absolute atomic E-state index is 10.2. The van der Waals surface area contributed by atoms with Crippen molar-refractivity contribution in [3.63, 3.8) is 0 Å². The number of aromatic hydroxyl groups is 1. The van der Waals surface area contributed by atoms with Crippen LogP contribution in [0.3, 0.4) is 0 Å². The fraction of sp³-hybridized carbons (Fsp3) is 0.174. The molecule has 5 heteroatoms. The zero-order valence-electron chi connectivity index (χ0n) is 16.3. The van der Waals surface area contributed by atoms with E-state index in [4.69, 9.17) is 17.0 Å². The summed E-state index contributed by atoms with van der Waals surface area (Å²) in [6, 6.07) is 21.1. The highest BCUT2D eigenvalue weighted by Gasteiger charge is 2.16. The Balaban J connectivity index is 1.96. The maximum atomic E-state index is 10.2. The summed E-state index contributed by atoms with van der Waals surface area (Å²) in [5.41, 5.74) is 4.98. The number of benzene rings is 3. The molecule has 144 valence electrons. The maximum Gasteiger partial charge on any atom is 0.178 e. The van der Waals surface area contributed by atoms with Crippen molar-refractivity contribution in [1.82, 2.24) is 0 Å². The van der Waals surface area contributed by atoms with E-state index < -0.39 is 0 Å². The number of rotatable bonds is 5. The van der Waals surface area contributed by atoms with E-state index in [1.165, 1.54) is 5.56 Å². The lowest BCUT2D eigenvalue weighted by Crippen LogP contribution is -2.34. The summed E-state index contributed by atoms with van der Waals surface area (Å²) < 4.78 is 5.37. The number of para-hydroxylation sites is 1. The number of ether oxygens (including phenoxy) is 1. The summed E-state index contributed by atoms with van der Waals surface area (Å²) >= 11 is 5.76. The fourth-order valence-corrected chi connectivity index (χ4v) is 3.22. The molecule has 0 heterocycles. The minimum Gasteiger partial charge on any atom is -0.508 e. The normalized spacial score (nSPS) is 10.4. The SMILES string of the molecule is COc1cccc(N(Cc2ccccc2O)C(=S)Nc2cccc(C)c2C)c1. The van der Waals surface area contributed by atoms with E-state index >= 15 is 0 Å². The number of phenols is 1. The lowest BCUT2D eigenvalue weighted by molar-refractivity contribution is 0.415. The Morgan fingerprint density at radius 1 is 1.04 bits per heavy atom. The third-order valence-corrected chi connectivity index (χ3v) is 5.10. The van der Waals surface area contributed by atoms with Gasteiger partial charge in [0.25, 0.3) is 0 Å². The second-order valence-electron chi connectivity index (χ2n) is 6.59. The average molecular weight is 393 g/mol. The number of hydrogen-bond acceptors (Lipinski definition) is 3. The minimum atomic E-state index is 0.241. The van der Waals surface area contributed by atoms with Crippen molar-refractivity contribution < 1.29 is 9.84 Å². The molecule has 3 aromatic rings. The molecule has 0 saturated heterocycles. The molecule has 0 aliphatic rings. The van der Waals surface area contributed by atoms with E-state index in [2.05, 4.69) is 25.2 Å². The number of methoxy groups -OCH3 is 1. The van der Waals surface area contributed by atoms with Crippen LogP contribution in [0.4, 0.5) is 11.4 Å². The second kappa shape index (κ2) is 8.76. The van der Waals surface area contributed by atoms with Gasteiger partial charge in [-0.25, -0.2) is 0 Å². The molecule has 0 spiro atoms. The first-order valence-electron chi connectivity index (χ1n) is 9.05. The van der Waals surface area contributed by atoms with Crippen LogP contribution in [0.5, 0.6) is 11.5 Å². The smallest absolute Gasteiger partial charge is 0.178 e. The van der Waals surface area contributed by atoms with E-state index in [-0.39, 0.29) is 5.75 Å². The topological polar surface area (TPSA) is 44.7 Å². The summed E-state index contributed by atoms with van der Waals surface area (Å²) in [6.07, 6.45) is 0. The molecule has 0 aliphatic heterocycles. The van der Waals surface area contributed by atoms with E-state index in [0.29, 0.717) is 11.7 Å². The third kappa shape index (κ3) is 4.43. The predicted octanol–water partition coefficient (Wildman–Crippen LogP) is 5.42. The van der Waals surface area contributed by atoms with E-state index in [1.54, 1.807) is 19.2 Å². The van der Waals surface area contributed by atoms with Crippen molar-refractivity contribution in [2.24, 2.45) is 0 Å². The summed E-state index contributed by atoms with van der Waals surface area (Å²) in [5, 5.41) is 14.2. The van der Waals surface area contributed by atoms with Crippen LogP contribution in [0.2, 0.25) is 0 Å². The first-order valence-corrected chi connectivity index (χ1v) is 9.46. The molecule has 0 amide bonds. The first-order chi connectivity index (χ1) is 13.5. The van der Waals surface area contributed by atoms with Crippen molar-refractivity contribution in [2.45, 2.75) is 20.4 Å². The molecule has 3 aromatic carbocycles. The number of thiocarbonyl (C=S) groups is 1. The Hall–Kier alpha value is -3.05. The summed E-state index contributed by atoms with van der Waals surface area (Å²) in [6.45, 7) is 4.57. The molecule has 4 nitrogen and oxygen atoms in total. The van der Waals surface area contributed by atoms with Gasteiger partial charge in [0.15, 0.2) is 5.11 Å². The number of nitrogens with zero attached hydrogens (tertiary/aromatic N) is 1. The molecular weight excluding hydrogens is 368 g/mol. The van der Waals surface area contributed by atoms with E-state index in [9.17, 15) is 5.11 Å². The number of phenolic OH excluding ortho intramolecular Hbond substituents is 1. The standard InChI is InChI=1S/C23H24N2O2S/c1-16-8-6-12-21(17(16)2)24-23(28)25(15-18-9-4-5-13-22(18)26)19-10-7-11-20(14-19)27-3/h4-14,26H,15H2,1-3H3,(H,24,28). The highest BCUT2D eigenvalue weighted by Crippen LogP contribution is 2.27. The lowest BCUT2D eigenvalue weighted by Gasteiger charge is -2.27. The molecule has 0 aliphatic carbocycles. The van der Waals surface area contributed by atoms with Gasteiger partial charge in [0.05, 0.1) is 13.7 Å². The molecule has 3 rings (SSSR count). The van der Waals surface area contributed by atoms with Gasteiger partial charge in [0.2, 0.25) is 0 Å². The number of nitrogens with one attached hydrogen (secondary N) is 1. The Bertz CT molecular complexity index is 988. The highest BCUT2D eigenvalue weighted by atomic mass is 32.1. The second-order valence-corrected chi connectivity index (χ2v) is 6.98. The highest BCUT2D eigenvalue weighted by molar-refractivity contribution is 7.80. The van der Waals surface area contributed by atoms with Crippen molar-refractivity contribution in [3.8, 4) is 11.5 Å². The predicted molar refractivity (Wildman–Crippen MR) is 119 cm³/mol. The van der Waals surface area contributed by atoms with Crippen molar-refractivity contribution >= 4 is 28.7 Å². The van der Waals surface area contributed by atoms with Crippen LogP contribution in [0.25, 0.3) is 0 Å². The third-order valence-electron chi connectivity index (χ3n) is 4.78. The Morgan fingerprint density at radius 3 is 2.54 bits per heavy atom. The molecule has 2 N–H and O–H groups in total. The van der Waals surface area contributed by atoms with Gasteiger partial charge in [-0.3, -0.25) is 0 Å². The van der Waals surface area contributed by atoms with Crippen molar-refractivity contribution in [1.29, 1.82) is 0 Å². The monoisotopic (exact) mass is 392 g/mol. The van der Waals surface area contributed by atoms with Gasteiger partial charge >= 0.3 is 0 Å². The number of anilines is 2. The van der Waals surface area contributed by atoms with Crippen LogP contribution >= 0.6 is 12.2 Å². The Kier molecular flexibility index (Phi) is 6.16. The van der Waals surface area contributed by atoms with Gasteiger partial charge < -0.3 is 20.1 Å². The summed E-state index contributed by atoms with van der Waals surface area (Å²) in [7, 11) is 1.64. The van der Waals surface area contributed by atoms with Crippen LogP contribution in [0.15, 0.2) is 66.7 Å². The molecule has 0 aromatic heterocycles. The van der Waals surface area contributed by atoms with Gasteiger partial charge in [-0.1, -0.05) is 36.4 Å². The van der Waals surface area contributed by atoms with E-state index in [1.807, 2.05) is 53.4 Å². The zero-order valence-corrected chi connectivity index (χ0v) is 17.1. The van der Waals surface area contributed by atoms with Crippen LogP contribution in [-0.2, 0) is 6.54 Å². The van der Waals surface area contributed by atoms with Gasteiger partial charge in [-0.15, -0.1) is 0 Å². The first kappa shape index (κ1) is 19.7. The van der Waals surface area contributed by atoms with Crippen molar-refractivity contribution in [3.05, 3.63) is 83.4 Å². The van der Waals surface area contributed by atoms with Gasteiger partial charge in [-0.2, -0.15) is 0 Å². The van der Waals surface area contributed by atoms with Crippen LogP contribution in [0, 0.1) is 13.8 Å². The number of aryl methyl sites for hydroxylation is 1. The largest absolute Gasteiger partial charge is 0.508 e. The van der Waals surface area contributed by atoms with Gasteiger partial charge in [-0.05, 0) is 61.5 Å². The minimum absolute atomic E-state index is 0.241. The van der Waals surface area contributed by atoms with Crippen molar-refractivity contribution in [2.75, 3.05) is 17.3 Å². The molecule has 0 atom stereocenters. The summed E-state index contributed by atoms with van der Waals surface area (Å²) in [5.74, 6) is 0.985. The Labute approximate surface area is 171 Å². The quantitative estimate of drug-likeness (QED) is 0.568. The van der Waals surface area contributed by atoms with Gasteiger partial charge in [0, 0.05) is 23.0 Å². The molecule has 0 unspecified atom stereocenters. The Morgan fingerprint density at radius 2 is 1.79 bits per heavy atom. The summed E-state index contributed by atoms with van der Waals surface area (Å²) in [4.78, 5) is 1.95. The molecule has 0 radical (unpaired) electrons. The fourth-order valence-electron chi connectivity index (χ4n) is 2.94. The van der Waals surface area contributed by atoms with Gasteiger partial charge in [0.1, 0.15) is 11.5 Å². The lowest BCUT2D eigenvalue weighted by atomic mass is 10.1. The molecule has 28 heavy (non-hydrogen) atoms. The van der Waals surface area contributed by atoms with Crippen LogP contribution in [-0.4, -0.2) is 17.3 Å². The number of hydrogen-bond donors (Lipinski definition) is 2. The van der Waals surface area contributed by atoms with Crippen LogP contribution in [0.1, 0.15) is 16.7 Å². The molecular formula is C23H24N2O2S. The van der Waals surface area contributed by atoms with Crippen LogP contribution < -0.4 is 15.0 Å².